The van der Waals surface area contributed by atoms with E-state index in [1.165, 1.54) is 18.3 Å². The van der Waals surface area contributed by atoms with E-state index in [0.29, 0.717) is 12.8 Å². The van der Waals surface area contributed by atoms with Gasteiger partial charge in [0.25, 0.3) is 5.91 Å². The number of hydrogen-bond acceptors (Lipinski definition) is 3. The average Bonchev–Trinajstić information content (AvgIpc) is 3.08. The molecule has 1 amide bonds. The Morgan fingerprint density at radius 2 is 2.17 bits per heavy atom. The van der Waals surface area contributed by atoms with Gasteiger partial charge in [0, 0.05) is 12.2 Å². The van der Waals surface area contributed by atoms with E-state index in [1.54, 1.807) is 0 Å². The molecule has 2 rings (SSSR count). The molecule has 1 heterocycles. The molecule has 1 fully saturated rings. The first-order valence-electron chi connectivity index (χ1n) is 5.40. The summed E-state index contributed by atoms with van der Waals surface area (Å²) in [6.45, 7) is -1.31. The lowest BCUT2D eigenvalue weighted by atomic mass is 10.2. The second kappa shape index (κ2) is 4.47. The zero-order valence-electron chi connectivity index (χ0n) is 9.31. The van der Waals surface area contributed by atoms with Gasteiger partial charge in [-0.15, -0.1) is 0 Å². The number of nitrogens with zero attached hydrogens (tertiary/aromatic N) is 2. The molecule has 1 N–H and O–H groups in total. The molecule has 0 atom stereocenters. The lowest BCUT2D eigenvalue weighted by Crippen LogP contribution is -2.40. The number of halogens is 3. The van der Waals surface area contributed by atoms with Gasteiger partial charge in [-0.05, 0) is 25.0 Å². The largest absolute Gasteiger partial charge is 0.505 e. The molecule has 0 spiro atoms. The van der Waals surface area contributed by atoms with Crippen molar-refractivity contribution in [1.82, 2.24) is 9.88 Å². The number of amides is 1. The van der Waals surface area contributed by atoms with Crippen molar-refractivity contribution in [2.75, 3.05) is 6.54 Å². The van der Waals surface area contributed by atoms with Crippen LogP contribution in [0.1, 0.15) is 23.3 Å². The van der Waals surface area contributed by atoms with Gasteiger partial charge in [0.05, 0.1) is 0 Å². The molecular weight excluding hydrogens is 249 g/mol. The van der Waals surface area contributed by atoms with Crippen molar-refractivity contribution >= 4 is 5.91 Å². The molecule has 98 valence electrons. The molecule has 1 aliphatic carbocycles. The van der Waals surface area contributed by atoms with Crippen LogP contribution >= 0.6 is 0 Å². The Kier molecular flexibility index (Phi) is 3.14. The number of carbonyl (C=O) groups excluding carboxylic acids is 1. The Morgan fingerprint density at radius 3 is 2.67 bits per heavy atom. The van der Waals surface area contributed by atoms with Crippen LogP contribution in [0.3, 0.4) is 0 Å². The molecule has 1 aliphatic rings. The van der Waals surface area contributed by atoms with E-state index in [9.17, 15) is 23.1 Å². The smallest absolute Gasteiger partial charge is 0.406 e. The van der Waals surface area contributed by atoms with Crippen molar-refractivity contribution in [2.45, 2.75) is 25.1 Å². The third-order valence-electron chi connectivity index (χ3n) is 2.59. The van der Waals surface area contributed by atoms with Crippen molar-refractivity contribution < 1.29 is 23.1 Å². The van der Waals surface area contributed by atoms with Crippen LogP contribution in [0.25, 0.3) is 0 Å². The van der Waals surface area contributed by atoms with Gasteiger partial charge < -0.3 is 10.0 Å². The van der Waals surface area contributed by atoms with Crippen molar-refractivity contribution in [3.63, 3.8) is 0 Å². The quantitative estimate of drug-likeness (QED) is 0.903. The van der Waals surface area contributed by atoms with E-state index in [1.807, 2.05) is 0 Å². The third-order valence-corrected chi connectivity index (χ3v) is 2.59. The van der Waals surface area contributed by atoms with Gasteiger partial charge >= 0.3 is 6.18 Å². The summed E-state index contributed by atoms with van der Waals surface area (Å²) in [5, 5.41) is 9.44. The van der Waals surface area contributed by atoms with Crippen molar-refractivity contribution in [3.8, 4) is 5.75 Å². The molecule has 18 heavy (non-hydrogen) atoms. The summed E-state index contributed by atoms with van der Waals surface area (Å²) in [5.74, 6) is -1.29. The first kappa shape index (κ1) is 12.7. The highest BCUT2D eigenvalue weighted by Crippen LogP contribution is 2.32. The summed E-state index contributed by atoms with van der Waals surface area (Å²) in [6.07, 6.45) is -2.10. The van der Waals surface area contributed by atoms with Crippen LogP contribution in [-0.4, -0.2) is 39.7 Å². The fourth-order valence-electron chi connectivity index (χ4n) is 1.64. The number of aromatic nitrogens is 1. The first-order chi connectivity index (χ1) is 8.38. The summed E-state index contributed by atoms with van der Waals surface area (Å²) in [6, 6.07) is 2.22. The molecular formula is C11H11F3N2O2. The van der Waals surface area contributed by atoms with E-state index in [-0.39, 0.29) is 5.69 Å². The predicted molar refractivity (Wildman–Crippen MR) is 56.0 cm³/mol. The molecule has 0 aliphatic heterocycles. The minimum atomic E-state index is -4.46. The molecule has 1 aromatic rings. The van der Waals surface area contributed by atoms with Crippen LogP contribution in [0, 0.1) is 0 Å². The Hall–Kier alpha value is -1.79. The Balaban J connectivity index is 2.21. The summed E-state index contributed by atoms with van der Waals surface area (Å²) < 4.78 is 37.2. The average molecular weight is 260 g/mol. The lowest BCUT2D eigenvalue weighted by Gasteiger charge is -2.23. The molecule has 1 aromatic heterocycles. The number of alkyl halides is 3. The monoisotopic (exact) mass is 260 g/mol. The van der Waals surface area contributed by atoms with Crippen molar-refractivity contribution in [2.24, 2.45) is 0 Å². The second-order valence-electron chi connectivity index (χ2n) is 4.15. The van der Waals surface area contributed by atoms with Gasteiger partial charge in [-0.2, -0.15) is 13.2 Å². The molecule has 0 saturated heterocycles. The lowest BCUT2D eigenvalue weighted by molar-refractivity contribution is -0.141. The molecule has 7 heteroatoms. The number of pyridine rings is 1. The summed E-state index contributed by atoms with van der Waals surface area (Å²) in [5.41, 5.74) is -0.339. The maximum Gasteiger partial charge on any atom is 0.406 e. The van der Waals surface area contributed by atoms with E-state index >= 15 is 0 Å². The normalized spacial score (nSPS) is 15.5. The van der Waals surface area contributed by atoms with Gasteiger partial charge in [-0.1, -0.05) is 0 Å². The van der Waals surface area contributed by atoms with E-state index in [0.717, 1.165) is 4.90 Å². The Morgan fingerprint density at radius 1 is 1.50 bits per heavy atom. The number of carbonyl (C=O) groups is 1. The maximum atomic E-state index is 12.4. The second-order valence-corrected chi connectivity index (χ2v) is 4.15. The van der Waals surface area contributed by atoms with Crippen LogP contribution in [0.2, 0.25) is 0 Å². The van der Waals surface area contributed by atoms with Crippen LogP contribution in [0.4, 0.5) is 13.2 Å². The Labute approximate surface area is 101 Å². The number of hydrogen-bond donors (Lipinski definition) is 1. The molecule has 0 radical (unpaired) electrons. The van der Waals surface area contributed by atoms with Gasteiger partial charge in [0.2, 0.25) is 0 Å². The van der Waals surface area contributed by atoms with Crippen molar-refractivity contribution in [1.29, 1.82) is 0 Å². The zero-order chi connectivity index (χ0) is 13.3. The molecule has 4 nitrogen and oxygen atoms in total. The van der Waals surface area contributed by atoms with E-state index in [2.05, 4.69) is 4.98 Å². The van der Waals surface area contributed by atoms with Gasteiger partial charge in [-0.25, -0.2) is 4.98 Å². The number of aromatic hydroxyl groups is 1. The predicted octanol–water partition coefficient (Wildman–Crippen LogP) is 1.95. The van der Waals surface area contributed by atoms with Crippen LogP contribution in [-0.2, 0) is 0 Å². The van der Waals surface area contributed by atoms with Gasteiger partial charge in [-0.3, -0.25) is 4.79 Å². The zero-order valence-corrected chi connectivity index (χ0v) is 9.31. The molecule has 0 aromatic carbocycles. The van der Waals surface area contributed by atoms with Gasteiger partial charge in [0.15, 0.2) is 5.69 Å². The summed E-state index contributed by atoms with van der Waals surface area (Å²) in [7, 11) is 0. The van der Waals surface area contributed by atoms with Crippen LogP contribution in [0.5, 0.6) is 5.75 Å². The summed E-state index contributed by atoms with van der Waals surface area (Å²) >= 11 is 0. The highest BCUT2D eigenvalue weighted by molar-refractivity contribution is 5.95. The fraction of sp³-hybridized carbons (Fsp3) is 0.455. The maximum absolute atomic E-state index is 12.4. The first-order valence-corrected chi connectivity index (χ1v) is 5.40. The SMILES string of the molecule is O=C(c1ncccc1O)N(CC(F)(F)F)C1CC1. The topological polar surface area (TPSA) is 53.4 Å². The highest BCUT2D eigenvalue weighted by atomic mass is 19.4. The van der Waals surface area contributed by atoms with Crippen molar-refractivity contribution in [3.05, 3.63) is 24.0 Å². The van der Waals surface area contributed by atoms with E-state index in [4.69, 9.17) is 0 Å². The van der Waals surface area contributed by atoms with E-state index < -0.39 is 30.4 Å². The van der Waals surface area contributed by atoms with Crippen LogP contribution in [0.15, 0.2) is 18.3 Å². The minimum Gasteiger partial charge on any atom is -0.505 e. The fourth-order valence-corrected chi connectivity index (χ4v) is 1.64. The molecule has 0 bridgehead atoms. The summed E-state index contributed by atoms with van der Waals surface area (Å²) in [4.78, 5) is 16.3. The number of rotatable bonds is 3. The van der Waals surface area contributed by atoms with Gasteiger partial charge in [0.1, 0.15) is 12.3 Å². The standard InChI is InChI=1S/C11H11F3N2O2/c12-11(13,14)6-16(7-3-4-7)10(18)9-8(17)2-1-5-15-9/h1-2,5,7,17H,3-4,6H2. The van der Waals surface area contributed by atoms with Crippen LogP contribution < -0.4 is 0 Å². The third kappa shape index (κ3) is 2.91. The molecule has 1 saturated carbocycles. The minimum absolute atomic E-state index is 0.339. The Bertz CT molecular complexity index is 458. The highest BCUT2D eigenvalue weighted by Gasteiger charge is 2.41. The molecule has 0 unspecified atom stereocenters.